The van der Waals surface area contributed by atoms with Gasteiger partial charge >= 0.3 is 6.03 Å². The number of nitrogens with one attached hydrogen (secondary N) is 1. The lowest BCUT2D eigenvalue weighted by Crippen LogP contribution is -2.42. The van der Waals surface area contributed by atoms with E-state index in [4.69, 9.17) is 0 Å². The highest BCUT2D eigenvalue weighted by molar-refractivity contribution is 5.91. The van der Waals surface area contributed by atoms with E-state index in [1.807, 2.05) is 63.2 Å². The van der Waals surface area contributed by atoms with Crippen LogP contribution < -0.4 is 10.2 Å². The zero-order valence-corrected chi connectivity index (χ0v) is 17.3. The van der Waals surface area contributed by atoms with Crippen molar-refractivity contribution in [2.75, 3.05) is 37.4 Å². The minimum Gasteiger partial charge on any atom is -0.388 e. The molecule has 0 aliphatic carbocycles. The SMILES string of the molecule is Cc1cc(N(C)C)cc(C)c1NC(=O)N1CCC([C@H](O)c2ccccc2)CC1. The lowest BCUT2D eigenvalue weighted by molar-refractivity contribution is 0.0683. The van der Waals surface area contributed by atoms with Gasteiger partial charge in [-0.2, -0.15) is 0 Å². The number of amides is 2. The maximum absolute atomic E-state index is 12.8. The van der Waals surface area contributed by atoms with Crippen molar-refractivity contribution in [1.82, 2.24) is 4.90 Å². The van der Waals surface area contributed by atoms with Gasteiger partial charge in [0.1, 0.15) is 0 Å². The third-order valence-corrected chi connectivity index (χ3v) is 5.68. The first kappa shape index (κ1) is 20.2. The number of carbonyl (C=O) groups excluding carboxylic acids is 1. The number of urea groups is 1. The van der Waals surface area contributed by atoms with Crippen LogP contribution in [0.4, 0.5) is 16.2 Å². The fourth-order valence-corrected chi connectivity index (χ4v) is 3.92. The first-order valence-electron chi connectivity index (χ1n) is 9.94. The third kappa shape index (κ3) is 4.47. The Bertz CT molecular complexity index is 789. The number of hydrogen-bond donors (Lipinski definition) is 2. The number of aryl methyl sites for hydroxylation is 2. The van der Waals surface area contributed by atoms with Gasteiger partial charge in [0.25, 0.3) is 0 Å². The van der Waals surface area contributed by atoms with Crippen molar-refractivity contribution < 1.29 is 9.90 Å². The molecule has 0 saturated carbocycles. The summed E-state index contributed by atoms with van der Waals surface area (Å²) in [6.07, 6.45) is 1.15. The van der Waals surface area contributed by atoms with E-state index in [0.717, 1.165) is 40.9 Å². The number of nitrogens with zero attached hydrogens (tertiary/aromatic N) is 2. The molecular weight excluding hydrogens is 350 g/mol. The predicted octanol–water partition coefficient (Wildman–Crippen LogP) is 4.35. The number of anilines is 2. The lowest BCUT2D eigenvalue weighted by atomic mass is 9.87. The Morgan fingerprint density at radius 2 is 1.68 bits per heavy atom. The van der Waals surface area contributed by atoms with Gasteiger partial charge in [-0.1, -0.05) is 30.3 Å². The monoisotopic (exact) mass is 381 g/mol. The van der Waals surface area contributed by atoms with Gasteiger partial charge in [-0.05, 0) is 61.4 Å². The largest absolute Gasteiger partial charge is 0.388 e. The molecule has 2 aromatic carbocycles. The summed E-state index contributed by atoms with van der Waals surface area (Å²) >= 11 is 0. The number of hydrogen-bond acceptors (Lipinski definition) is 3. The van der Waals surface area contributed by atoms with Crippen molar-refractivity contribution in [2.24, 2.45) is 5.92 Å². The Hall–Kier alpha value is -2.53. The van der Waals surface area contributed by atoms with Crippen molar-refractivity contribution in [2.45, 2.75) is 32.8 Å². The quantitative estimate of drug-likeness (QED) is 0.828. The molecule has 28 heavy (non-hydrogen) atoms. The van der Waals surface area contributed by atoms with Crippen molar-refractivity contribution in [1.29, 1.82) is 0 Å². The molecule has 3 rings (SSSR count). The Balaban J connectivity index is 1.60. The molecule has 1 aliphatic rings. The summed E-state index contributed by atoms with van der Waals surface area (Å²) in [6, 6.07) is 13.9. The molecule has 0 spiro atoms. The van der Waals surface area contributed by atoms with Crippen LogP contribution in [-0.2, 0) is 0 Å². The van der Waals surface area contributed by atoms with Gasteiger partial charge in [0, 0.05) is 38.6 Å². The van der Waals surface area contributed by atoms with Crippen LogP contribution >= 0.6 is 0 Å². The lowest BCUT2D eigenvalue weighted by Gasteiger charge is -2.34. The summed E-state index contributed by atoms with van der Waals surface area (Å²) < 4.78 is 0. The third-order valence-electron chi connectivity index (χ3n) is 5.68. The number of carbonyl (C=O) groups is 1. The van der Waals surface area contributed by atoms with E-state index in [2.05, 4.69) is 22.3 Å². The van der Waals surface area contributed by atoms with Gasteiger partial charge in [-0.3, -0.25) is 0 Å². The van der Waals surface area contributed by atoms with Crippen molar-refractivity contribution in [3.05, 3.63) is 59.2 Å². The topological polar surface area (TPSA) is 55.8 Å². The van der Waals surface area contributed by atoms with Gasteiger partial charge in [-0.25, -0.2) is 4.79 Å². The van der Waals surface area contributed by atoms with Crippen LogP contribution in [0.5, 0.6) is 0 Å². The summed E-state index contributed by atoms with van der Waals surface area (Å²) in [4.78, 5) is 16.7. The second-order valence-electron chi connectivity index (χ2n) is 7.96. The van der Waals surface area contributed by atoms with Gasteiger partial charge < -0.3 is 20.2 Å². The number of benzene rings is 2. The summed E-state index contributed by atoms with van der Waals surface area (Å²) in [6.45, 7) is 5.37. The number of aliphatic hydroxyl groups is 1. The van der Waals surface area contributed by atoms with Crippen LogP contribution in [-0.4, -0.2) is 43.2 Å². The number of piperidine rings is 1. The maximum atomic E-state index is 12.8. The molecule has 2 aromatic rings. The molecule has 1 fully saturated rings. The van der Waals surface area contributed by atoms with E-state index in [1.165, 1.54) is 0 Å². The smallest absolute Gasteiger partial charge is 0.321 e. The second kappa shape index (κ2) is 8.65. The molecule has 0 bridgehead atoms. The van der Waals surface area contributed by atoms with E-state index >= 15 is 0 Å². The molecule has 1 saturated heterocycles. The molecular formula is C23H31N3O2. The minimum atomic E-state index is -0.463. The number of rotatable bonds is 4. The molecule has 150 valence electrons. The first-order chi connectivity index (χ1) is 13.4. The standard InChI is InChI=1S/C23H31N3O2/c1-16-14-20(25(3)4)15-17(2)21(16)24-23(28)26-12-10-19(11-13-26)22(27)18-8-6-5-7-9-18/h5-9,14-15,19,22,27H,10-13H2,1-4H3,(H,24,28)/t22-/m1/s1. The number of likely N-dealkylation sites (tertiary alicyclic amines) is 1. The van der Waals surface area contributed by atoms with Crippen LogP contribution in [0.3, 0.4) is 0 Å². The second-order valence-corrected chi connectivity index (χ2v) is 7.96. The molecule has 2 amide bonds. The van der Waals surface area contributed by atoms with Crippen LogP contribution in [0.15, 0.2) is 42.5 Å². The summed E-state index contributed by atoms with van der Waals surface area (Å²) in [7, 11) is 4.03. The molecule has 1 aliphatic heterocycles. The summed E-state index contributed by atoms with van der Waals surface area (Å²) in [5.74, 6) is 0.189. The maximum Gasteiger partial charge on any atom is 0.321 e. The average Bonchev–Trinajstić information content (AvgIpc) is 2.70. The van der Waals surface area contributed by atoms with Crippen LogP contribution in [0.25, 0.3) is 0 Å². The molecule has 0 radical (unpaired) electrons. The fourth-order valence-electron chi connectivity index (χ4n) is 3.92. The van der Waals surface area contributed by atoms with Gasteiger partial charge in [-0.15, -0.1) is 0 Å². The normalized spacial score (nSPS) is 16.0. The molecule has 2 N–H and O–H groups in total. The number of aliphatic hydroxyl groups excluding tert-OH is 1. The fraction of sp³-hybridized carbons (Fsp3) is 0.435. The molecule has 0 aromatic heterocycles. The molecule has 0 unspecified atom stereocenters. The summed E-state index contributed by atoms with van der Waals surface area (Å²) in [5.41, 5.74) is 5.10. The van der Waals surface area contributed by atoms with E-state index in [1.54, 1.807) is 0 Å². The highest BCUT2D eigenvalue weighted by atomic mass is 16.3. The zero-order chi connectivity index (χ0) is 20.3. The Morgan fingerprint density at radius 3 is 2.21 bits per heavy atom. The van der Waals surface area contributed by atoms with Crippen LogP contribution in [0.2, 0.25) is 0 Å². The Labute approximate surface area is 168 Å². The van der Waals surface area contributed by atoms with Crippen molar-refractivity contribution in [3.8, 4) is 0 Å². The highest BCUT2D eigenvalue weighted by Crippen LogP contribution is 2.31. The summed E-state index contributed by atoms with van der Waals surface area (Å²) in [5, 5.41) is 13.7. The van der Waals surface area contributed by atoms with Gasteiger partial charge in [0.2, 0.25) is 0 Å². The molecule has 5 nitrogen and oxygen atoms in total. The first-order valence-corrected chi connectivity index (χ1v) is 9.94. The van der Waals surface area contributed by atoms with Crippen LogP contribution in [0.1, 0.15) is 35.6 Å². The molecule has 1 heterocycles. The molecule has 5 heteroatoms. The van der Waals surface area contributed by atoms with Crippen molar-refractivity contribution >= 4 is 17.4 Å². The Morgan fingerprint density at radius 1 is 1.11 bits per heavy atom. The van der Waals surface area contributed by atoms with E-state index in [9.17, 15) is 9.90 Å². The average molecular weight is 382 g/mol. The van der Waals surface area contributed by atoms with Gasteiger partial charge in [0.05, 0.1) is 6.10 Å². The Kier molecular flexibility index (Phi) is 6.25. The highest BCUT2D eigenvalue weighted by Gasteiger charge is 2.28. The zero-order valence-electron chi connectivity index (χ0n) is 17.3. The van der Waals surface area contributed by atoms with E-state index in [-0.39, 0.29) is 11.9 Å². The van der Waals surface area contributed by atoms with Crippen LogP contribution in [0, 0.1) is 19.8 Å². The van der Waals surface area contributed by atoms with Gasteiger partial charge in [0.15, 0.2) is 0 Å². The minimum absolute atomic E-state index is 0.0588. The predicted molar refractivity (Wildman–Crippen MR) is 115 cm³/mol. The van der Waals surface area contributed by atoms with E-state index in [0.29, 0.717) is 13.1 Å². The van der Waals surface area contributed by atoms with E-state index < -0.39 is 6.10 Å². The van der Waals surface area contributed by atoms with Crippen molar-refractivity contribution in [3.63, 3.8) is 0 Å². The molecule has 1 atom stereocenters.